The van der Waals surface area contributed by atoms with Crippen molar-refractivity contribution in [1.29, 1.82) is 0 Å². The molecular formula is C12H8BrF4N3. The molecular weight excluding hydrogens is 342 g/mol. The van der Waals surface area contributed by atoms with Crippen molar-refractivity contribution in [2.75, 3.05) is 5.32 Å². The number of halogens is 5. The summed E-state index contributed by atoms with van der Waals surface area (Å²) in [5, 5.41) is 2.69. The van der Waals surface area contributed by atoms with Crippen LogP contribution in [-0.2, 0) is 12.7 Å². The molecule has 0 unspecified atom stereocenters. The third-order valence-electron chi connectivity index (χ3n) is 2.38. The highest BCUT2D eigenvalue weighted by Gasteiger charge is 2.31. The fourth-order valence-electron chi connectivity index (χ4n) is 1.43. The van der Waals surface area contributed by atoms with Crippen molar-refractivity contribution in [2.45, 2.75) is 12.7 Å². The van der Waals surface area contributed by atoms with Gasteiger partial charge in [0.25, 0.3) is 0 Å². The van der Waals surface area contributed by atoms with Gasteiger partial charge in [0, 0.05) is 23.4 Å². The molecule has 0 aliphatic carbocycles. The van der Waals surface area contributed by atoms with Crippen molar-refractivity contribution in [1.82, 2.24) is 9.97 Å². The van der Waals surface area contributed by atoms with Crippen LogP contribution in [0.15, 0.2) is 35.1 Å². The monoisotopic (exact) mass is 349 g/mol. The Hall–Kier alpha value is -1.70. The van der Waals surface area contributed by atoms with Gasteiger partial charge in [-0.15, -0.1) is 0 Å². The smallest absolute Gasteiger partial charge is 0.364 e. The molecule has 0 atom stereocenters. The summed E-state index contributed by atoms with van der Waals surface area (Å²) >= 11 is 3.07. The highest BCUT2D eigenvalue weighted by Crippen LogP contribution is 2.27. The van der Waals surface area contributed by atoms with Gasteiger partial charge in [0.1, 0.15) is 5.69 Å². The molecule has 0 amide bonds. The molecule has 20 heavy (non-hydrogen) atoms. The summed E-state index contributed by atoms with van der Waals surface area (Å²) in [5.74, 6) is -0.535. The summed E-state index contributed by atoms with van der Waals surface area (Å²) in [6.45, 7) is 0.122. The number of hydrogen-bond acceptors (Lipinski definition) is 3. The second-order valence-corrected chi connectivity index (χ2v) is 4.80. The summed E-state index contributed by atoms with van der Waals surface area (Å²) in [6, 6.07) is 3.39. The van der Waals surface area contributed by atoms with Gasteiger partial charge in [-0.25, -0.2) is 9.37 Å². The van der Waals surface area contributed by atoms with Crippen LogP contribution in [0.1, 0.15) is 11.3 Å². The van der Waals surface area contributed by atoms with Gasteiger partial charge < -0.3 is 5.32 Å². The van der Waals surface area contributed by atoms with Crippen molar-refractivity contribution in [3.05, 3.63) is 52.1 Å². The molecule has 8 heteroatoms. The minimum atomic E-state index is -4.47. The average Bonchev–Trinajstić information content (AvgIpc) is 2.37. The summed E-state index contributed by atoms with van der Waals surface area (Å²) in [7, 11) is 0. The quantitative estimate of drug-likeness (QED) is 0.850. The number of anilines is 1. The number of nitrogens with zero attached hydrogens (tertiary/aromatic N) is 2. The van der Waals surface area contributed by atoms with Crippen molar-refractivity contribution in [3.63, 3.8) is 0 Å². The van der Waals surface area contributed by atoms with E-state index in [1.165, 1.54) is 18.3 Å². The SMILES string of the molecule is Fc1cc(Br)cnc1NCc1ccc(C(F)(F)F)nc1. The van der Waals surface area contributed by atoms with Crippen LogP contribution in [-0.4, -0.2) is 9.97 Å². The van der Waals surface area contributed by atoms with Crippen molar-refractivity contribution in [2.24, 2.45) is 0 Å². The Morgan fingerprint density at radius 3 is 2.45 bits per heavy atom. The highest BCUT2D eigenvalue weighted by atomic mass is 79.9. The Balaban J connectivity index is 2.04. The van der Waals surface area contributed by atoms with E-state index in [0.29, 0.717) is 10.0 Å². The molecule has 2 aromatic rings. The lowest BCUT2D eigenvalue weighted by atomic mass is 10.2. The maximum absolute atomic E-state index is 13.5. The number of nitrogens with one attached hydrogen (secondary N) is 1. The molecule has 2 rings (SSSR count). The van der Waals surface area contributed by atoms with Crippen LogP contribution in [0.2, 0.25) is 0 Å². The summed E-state index contributed by atoms with van der Waals surface area (Å²) < 4.78 is 50.9. The number of pyridine rings is 2. The van der Waals surface area contributed by atoms with E-state index in [1.807, 2.05) is 0 Å². The number of aromatic nitrogens is 2. The third kappa shape index (κ3) is 3.66. The van der Waals surface area contributed by atoms with Gasteiger partial charge in [0.15, 0.2) is 11.6 Å². The van der Waals surface area contributed by atoms with Crippen molar-refractivity contribution < 1.29 is 17.6 Å². The minimum absolute atomic E-state index is 0.0214. The van der Waals surface area contributed by atoms with E-state index in [2.05, 4.69) is 31.2 Å². The third-order valence-corrected chi connectivity index (χ3v) is 2.82. The zero-order chi connectivity index (χ0) is 14.8. The minimum Gasteiger partial charge on any atom is -0.364 e. The lowest BCUT2D eigenvalue weighted by molar-refractivity contribution is -0.141. The molecule has 3 nitrogen and oxygen atoms in total. The Morgan fingerprint density at radius 2 is 1.90 bits per heavy atom. The molecule has 2 heterocycles. The highest BCUT2D eigenvalue weighted by molar-refractivity contribution is 9.10. The summed E-state index contributed by atoms with van der Waals surface area (Å²) in [5.41, 5.74) is -0.476. The topological polar surface area (TPSA) is 37.8 Å². The van der Waals surface area contributed by atoms with Crippen molar-refractivity contribution >= 4 is 21.7 Å². The molecule has 0 aromatic carbocycles. The number of hydrogen-bond donors (Lipinski definition) is 1. The number of rotatable bonds is 3. The molecule has 0 fully saturated rings. The molecule has 0 radical (unpaired) electrons. The second kappa shape index (κ2) is 5.74. The van der Waals surface area contributed by atoms with Gasteiger partial charge in [-0.05, 0) is 33.6 Å². The molecule has 0 aliphatic rings. The fraction of sp³-hybridized carbons (Fsp3) is 0.167. The second-order valence-electron chi connectivity index (χ2n) is 3.89. The lowest BCUT2D eigenvalue weighted by Crippen LogP contribution is -2.09. The molecule has 106 valence electrons. The maximum Gasteiger partial charge on any atom is 0.433 e. The fourth-order valence-corrected chi connectivity index (χ4v) is 1.73. The van der Waals surface area contributed by atoms with E-state index in [1.54, 1.807) is 0 Å². The van der Waals surface area contributed by atoms with Gasteiger partial charge in [0.2, 0.25) is 0 Å². The Labute approximate surface area is 120 Å². The summed E-state index contributed by atoms with van der Waals surface area (Å²) in [4.78, 5) is 7.13. The van der Waals surface area contributed by atoms with Crippen LogP contribution in [0.4, 0.5) is 23.4 Å². The number of alkyl halides is 3. The van der Waals surface area contributed by atoms with E-state index < -0.39 is 17.7 Å². The first-order valence-electron chi connectivity index (χ1n) is 5.43. The van der Waals surface area contributed by atoms with Crippen LogP contribution in [0, 0.1) is 5.82 Å². The molecule has 0 saturated heterocycles. The Kier molecular flexibility index (Phi) is 4.22. The van der Waals surface area contributed by atoms with Gasteiger partial charge in [0.05, 0.1) is 0 Å². The van der Waals surface area contributed by atoms with Crippen molar-refractivity contribution in [3.8, 4) is 0 Å². The first-order chi connectivity index (χ1) is 9.36. The first-order valence-corrected chi connectivity index (χ1v) is 6.22. The van der Waals surface area contributed by atoms with Crippen LogP contribution in [0.3, 0.4) is 0 Å². The summed E-state index contributed by atoms with van der Waals surface area (Å²) in [6.07, 6.45) is -1.96. The van der Waals surface area contributed by atoms with E-state index in [9.17, 15) is 17.6 Å². The first kappa shape index (κ1) is 14.7. The lowest BCUT2D eigenvalue weighted by Gasteiger charge is -2.08. The predicted octanol–water partition coefficient (Wildman–Crippen LogP) is 4.01. The van der Waals surface area contributed by atoms with E-state index >= 15 is 0 Å². The molecule has 1 N–H and O–H groups in total. The average molecular weight is 350 g/mol. The molecule has 0 aliphatic heterocycles. The molecule has 2 aromatic heterocycles. The Morgan fingerprint density at radius 1 is 1.15 bits per heavy atom. The van der Waals surface area contributed by atoms with Gasteiger partial charge in [-0.3, -0.25) is 4.98 Å². The van der Waals surface area contributed by atoms with E-state index in [0.717, 1.165) is 12.3 Å². The van der Waals surface area contributed by atoms with Crippen LogP contribution < -0.4 is 5.32 Å². The zero-order valence-corrected chi connectivity index (χ0v) is 11.5. The standard InChI is InChI=1S/C12H8BrF4N3/c13-8-3-9(14)11(20-6-8)19-5-7-1-2-10(18-4-7)12(15,16)17/h1-4,6H,5H2,(H,19,20). The van der Waals surface area contributed by atoms with E-state index in [4.69, 9.17) is 0 Å². The predicted molar refractivity (Wildman–Crippen MR) is 68.5 cm³/mol. The molecule has 0 bridgehead atoms. The Bertz CT molecular complexity index is 599. The maximum atomic E-state index is 13.5. The van der Waals surface area contributed by atoms with Crippen LogP contribution in [0.5, 0.6) is 0 Å². The van der Waals surface area contributed by atoms with Gasteiger partial charge in [-0.1, -0.05) is 6.07 Å². The van der Waals surface area contributed by atoms with Gasteiger partial charge in [-0.2, -0.15) is 13.2 Å². The van der Waals surface area contributed by atoms with E-state index in [-0.39, 0.29) is 12.4 Å². The zero-order valence-electron chi connectivity index (χ0n) is 9.88. The normalized spacial score (nSPS) is 11.4. The molecule has 0 spiro atoms. The van der Waals surface area contributed by atoms with Gasteiger partial charge >= 0.3 is 6.18 Å². The van der Waals surface area contributed by atoms with Crippen LogP contribution >= 0.6 is 15.9 Å². The largest absolute Gasteiger partial charge is 0.433 e. The molecule has 0 saturated carbocycles. The van der Waals surface area contributed by atoms with Crippen LogP contribution in [0.25, 0.3) is 0 Å².